The number of halogens is 1. The predicted molar refractivity (Wildman–Crippen MR) is 118 cm³/mol. The molecule has 0 N–H and O–H groups in total. The van der Waals surface area contributed by atoms with E-state index in [-0.39, 0.29) is 35.1 Å². The average molecular weight is 449 g/mol. The van der Waals surface area contributed by atoms with E-state index in [4.69, 9.17) is 11.6 Å². The Morgan fingerprint density at radius 1 is 1.17 bits per heavy atom. The molecular formula is C21H21ClN2O3S2. The Bertz CT molecular complexity index is 1070. The van der Waals surface area contributed by atoms with Gasteiger partial charge < -0.3 is 4.90 Å². The predicted octanol–water partition coefficient (Wildman–Crippen LogP) is 3.49. The second kappa shape index (κ2) is 8.13. The Kier molecular flexibility index (Phi) is 5.73. The summed E-state index contributed by atoms with van der Waals surface area (Å²) in [4.78, 5) is 18.9. The van der Waals surface area contributed by atoms with Crippen molar-refractivity contribution in [1.82, 2.24) is 4.90 Å². The van der Waals surface area contributed by atoms with Gasteiger partial charge in [-0.3, -0.25) is 4.79 Å². The van der Waals surface area contributed by atoms with Gasteiger partial charge >= 0.3 is 0 Å². The standard InChI is InChI=1S/C21H21ClN2O3S2/c1-14-6-8-15(9-7-14)11-24-18-12-29(26,27)13-19(18)28-21(24)23-20(25)10-16-4-2-3-5-17(16)22/h2-9,18-19H,10-13H2,1H3. The number of carbonyl (C=O) groups excluding carboxylic acids is 1. The monoisotopic (exact) mass is 448 g/mol. The molecular weight excluding hydrogens is 428 g/mol. The van der Waals surface area contributed by atoms with Crippen molar-refractivity contribution in [3.63, 3.8) is 0 Å². The molecule has 4 rings (SSSR count). The fourth-order valence-corrected chi connectivity index (χ4v) is 7.83. The van der Waals surface area contributed by atoms with Gasteiger partial charge in [0.1, 0.15) is 0 Å². The van der Waals surface area contributed by atoms with Crippen molar-refractivity contribution >= 4 is 44.3 Å². The second-order valence-corrected chi connectivity index (χ2v) is 11.2. The lowest BCUT2D eigenvalue weighted by Crippen LogP contribution is -2.37. The summed E-state index contributed by atoms with van der Waals surface area (Å²) >= 11 is 7.56. The quantitative estimate of drug-likeness (QED) is 0.716. The third-order valence-electron chi connectivity index (χ3n) is 5.17. The third-order valence-corrected chi connectivity index (χ3v) is 8.78. The summed E-state index contributed by atoms with van der Waals surface area (Å²) < 4.78 is 24.3. The van der Waals surface area contributed by atoms with Crippen LogP contribution in [0.1, 0.15) is 16.7 Å². The molecule has 0 bridgehead atoms. The minimum absolute atomic E-state index is 0.0858. The van der Waals surface area contributed by atoms with Crippen molar-refractivity contribution in [1.29, 1.82) is 0 Å². The fourth-order valence-electron chi connectivity index (χ4n) is 3.66. The first-order chi connectivity index (χ1) is 13.8. The molecule has 2 aromatic rings. The van der Waals surface area contributed by atoms with E-state index in [9.17, 15) is 13.2 Å². The summed E-state index contributed by atoms with van der Waals surface area (Å²) in [6.07, 6.45) is 0.121. The van der Waals surface area contributed by atoms with E-state index < -0.39 is 9.84 Å². The molecule has 2 atom stereocenters. The highest BCUT2D eigenvalue weighted by Crippen LogP contribution is 2.39. The second-order valence-electron chi connectivity index (χ2n) is 7.47. The largest absolute Gasteiger partial charge is 0.342 e. The number of benzene rings is 2. The molecule has 5 nitrogen and oxygen atoms in total. The maximum atomic E-state index is 12.6. The van der Waals surface area contributed by atoms with E-state index >= 15 is 0 Å². The number of aliphatic imine (C=N–C) groups is 1. The molecule has 0 aromatic heterocycles. The number of carbonyl (C=O) groups is 1. The lowest BCUT2D eigenvalue weighted by atomic mass is 10.1. The summed E-state index contributed by atoms with van der Waals surface area (Å²) in [6.45, 7) is 2.55. The number of thioether (sulfide) groups is 1. The molecule has 2 fully saturated rings. The van der Waals surface area contributed by atoms with E-state index in [0.29, 0.717) is 16.7 Å². The Labute approximate surface area is 180 Å². The van der Waals surface area contributed by atoms with Crippen LogP contribution in [0.4, 0.5) is 0 Å². The van der Waals surface area contributed by atoms with Crippen LogP contribution >= 0.6 is 23.4 Å². The van der Waals surface area contributed by atoms with Crippen LogP contribution in [-0.2, 0) is 27.6 Å². The topological polar surface area (TPSA) is 66.8 Å². The number of sulfone groups is 1. The smallest absolute Gasteiger partial charge is 0.252 e. The van der Waals surface area contributed by atoms with Crippen LogP contribution in [0.25, 0.3) is 0 Å². The lowest BCUT2D eigenvalue weighted by Gasteiger charge is -2.24. The molecule has 2 aromatic carbocycles. The minimum Gasteiger partial charge on any atom is -0.342 e. The maximum Gasteiger partial charge on any atom is 0.252 e. The summed E-state index contributed by atoms with van der Waals surface area (Å²) in [6, 6.07) is 15.2. The van der Waals surface area contributed by atoms with Crippen molar-refractivity contribution in [2.75, 3.05) is 11.5 Å². The van der Waals surface area contributed by atoms with Gasteiger partial charge in [0, 0.05) is 16.8 Å². The van der Waals surface area contributed by atoms with E-state index in [1.165, 1.54) is 11.8 Å². The molecule has 2 aliphatic heterocycles. The molecule has 1 amide bonds. The highest BCUT2D eigenvalue weighted by atomic mass is 35.5. The number of nitrogens with zero attached hydrogens (tertiary/aromatic N) is 2. The van der Waals surface area contributed by atoms with E-state index in [2.05, 4.69) is 4.99 Å². The van der Waals surface area contributed by atoms with E-state index in [1.807, 2.05) is 54.3 Å². The van der Waals surface area contributed by atoms with Crippen molar-refractivity contribution in [2.45, 2.75) is 31.2 Å². The average Bonchev–Trinajstić information content (AvgIpc) is 3.11. The molecule has 2 aliphatic rings. The zero-order chi connectivity index (χ0) is 20.6. The molecule has 0 spiro atoms. The van der Waals surface area contributed by atoms with Gasteiger partial charge in [0.05, 0.1) is 24.0 Å². The molecule has 2 unspecified atom stereocenters. The lowest BCUT2D eigenvalue weighted by molar-refractivity contribution is -0.117. The number of hydrogen-bond acceptors (Lipinski definition) is 4. The van der Waals surface area contributed by atoms with Crippen LogP contribution in [0.5, 0.6) is 0 Å². The van der Waals surface area contributed by atoms with Crippen LogP contribution in [0, 0.1) is 6.92 Å². The van der Waals surface area contributed by atoms with Crippen molar-refractivity contribution in [3.8, 4) is 0 Å². The van der Waals surface area contributed by atoms with Gasteiger partial charge in [-0.15, -0.1) is 0 Å². The molecule has 152 valence electrons. The highest BCUT2D eigenvalue weighted by Gasteiger charge is 2.48. The van der Waals surface area contributed by atoms with Crippen molar-refractivity contribution < 1.29 is 13.2 Å². The highest BCUT2D eigenvalue weighted by molar-refractivity contribution is 8.15. The normalized spacial score (nSPS) is 24.1. The van der Waals surface area contributed by atoms with Gasteiger partial charge in [-0.2, -0.15) is 4.99 Å². The summed E-state index contributed by atoms with van der Waals surface area (Å²) in [7, 11) is -3.06. The first-order valence-corrected chi connectivity index (χ1v) is 12.4. The van der Waals surface area contributed by atoms with Crippen LogP contribution in [-0.4, -0.2) is 47.2 Å². The molecule has 2 heterocycles. The first kappa shape index (κ1) is 20.4. The van der Waals surface area contributed by atoms with E-state index in [1.54, 1.807) is 6.07 Å². The minimum atomic E-state index is -3.06. The number of amides is 1. The van der Waals surface area contributed by atoms with Gasteiger partial charge in [0.2, 0.25) is 0 Å². The Morgan fingerprint density at radius 2 is 1.90 bits per heavy atom. The molecule has 0 saturated carbocycles. The van der Waals surface area contributed by atoms with Gasteiger partial charge in [-0.1, -0.05) is 71.4 Å². The van der Waals surface area contributed by atoms with Crippen LogP contribution < -0.4 is 0 Å². The van der Waals surface area contributed by atoms with Crippen LogP contribution in [0.3, 0.4) is 0 Å². The van der Waals surface area contributed by atoms with Gasteiger partial charge in [0.15, 0.2) is 15.0 Å². The maximum absolute atomic E-state index is 12.6. The summed E-state index contributed by atoms with van der Waals surface area (Å²) in [5.41, 5.74) is 2.96. The van der Waals surface area contributed by atoms with Crippen LogP contribution in [0.2, 0.25) is 5.02 Å². The number of fused-ring (bicyclic) bond motifs is 1. The van der Waals surface area contributed by atoms with Crippen molar-refractivity contribution in [2.24, 2.45) is 4.99 Å². The fraction of sp³-hybridized carbons (Fsp3) is 0.333. The van der Waals surface area contributed by atoms with Gasteiger partial charge in [-0.25, -0.2) is 8.42 Å². The van der Waals surface area contributed by atoms with E-state index in [0.717, 1.165) is 16.7 Å². The zero-order valence-corrected chi connectivity index (χ0v) is 18.3. The SMILES string of the molecule is Cc1ccc(CN2C(=NC(=O)Cc3ccccc3Cl)SC3CS(=O)(=O)CC32)cc1. The number of hydrogen-bond donors (Lipinski definition) is 0. The molecule has 2 saturated heterocycles. The van der Waals surface area contributed by atoms with Crippen molar-refractivity contribution in [3.05, 3.63) is 70.2 Å². The Morgan fingerprint density at radius 3 is 2.62 bits per heavy atom. The number of aryl methyl sites for hydroxylation is 1. The van der Waals surface area contributed by atoms with Gasteiger partial charge in [-0.05, 0) is 24.1 Å². The first-order valence-electron chi connectivity index (χ1n) is 9.35. The summed E-state index contributed by atoms with van der Waals surface area (Å²) in [5, 5.41) is 1.06. The molecule has 29 heavy (non-hydrogen) atoms. The Hall–Kier alpha value is -1.83. The molecule has 0 radical (unpaired) electrons. The molecule has 0 aliphatic carbocycles. The van der Waals surface area contributed by atoms with Crippen LogP contribution in [0.15, 0.2) is 53.5 Å². The Balaban J connectivity index is 1.58. The van der Waals surface area contributed by atoms with Gasteiger partial charge in [0.25, 0.3) is 5.91 Å². The number of rotatable bonds is 4. The molecule has 8 heteroatoms. The third kappa shape index (κ3) is 4.68. The zero-order valence-electron chi connectivity index (χ0n) is 15.9. The summed E-state index contributed by atoms with van der Waals surface area (Å²) in [5.74, 6) is -0.0454. The number of amidine groups is 1.